The topological polar surface area (TPSA) is 131 Å². The van der Waals surface area contributed by atoms with Crippen LogP contribution in [0.3, 0.4) is 0 Å². The summed E-state index contributed by atoms with van der Waals surface area (Å²) in [7, 11) is 1.57. The first-order valence-corrected chi connectivity index (χ1v) is 14.4. The van der Waals surface area contributed by atoms with Gasteiger partial charge in [0.05, 0.1) is 26.4 Å². The Balaban J connectivity index is 1.47. The van der Waals surface area contributed by atoms with E-state index in [-0.39, 0.29) is 23.7 Å². The van der Waals surface area contributed by atoms with Crippen LogP contribution < -0.4 is 20.9 Å². The number of benzene rings is 2. The number of hydrogen-bond donors (Lipinski definition) is 4. The van der Waals surface area contributed by atoms with E-state index >= 15 is 0 Å². The Morgan fingerprint density at radius 2 is 1.83 bits per heavy atom. The number of Topliss-reactive ketones (excluding diaryl/α,β-unsaturated/α-hetero) is 1. The highest BCUT2D eigenvalue weighted by Gasteiger charge is 2.32. The van der Waals surface area contributed by atoms with Gasteiger partial charge in [0.15, 0.2) is 5.78 Å². The van der Waals surface area contributed by atoms with E-state index in [0.29, 0.717) is 44.0 Å². The molecule has 4 N–H and O–H groups in total. The SMILES string of the molecule is COc1cccc2[nH]c(C(=O)N[C@@H](CC(C)(C)C)C(=O)N[C@@H](C[C@@H]3CCNOC3)C(=O)COCc3ccccc3)cc12. The minimum atomic E-state index is -0.865. The number of ether oxygens (including phenoxy) is 2. The quantitative estimate of drug-likeness (QED) is 0.242. The monoisotopic (exact) mass is 578 g/mol. The van der Waals surface area contributed by atoms with Crippen molar-refractivity contribution in [1.29, 1.82) is 0 Å². The van der Waals surface area contributed by atoms with Crippen LogP contribution in [-0.2, 0) is 25.8 Å². The molecule has 1 aliphatic rings. The number of nitrogens with one attached hydrogen (secondary N) is 4. The summed E-state index contributed by atoms with van der Waals surface area (Å²) >= 11 is 0. The molecule has 0 unspecified atom stereocenters. The Kier molecular flexibility index (Phi) is 10.7. The molecule has 1 aliphatic heterocycles. The summed E-state index contributed by atoms with van der Waals surface area (Å²) in [6, 6.07) is 15.2. The molecule has 2 heterocycles. The maximum Gasteiger partial charge on any atom is 0.268 e. The molecule has 2 amide bonds. The molecule has 1 saturated heterocycles. The molecule has 3 atom stereocenters. The first kappa shape index (κ1) is 31.2. The van der Waals surface area contributed by atoms with Crippen molar-refractivity contribution in [1.82, 2.24) is 21.1 Å². The zero-order chi connectivity index (χ0) is 30.1. The number of rotatable bonds is 13. The number of hydrogen-bond acceptors (Lipinski definition) is 7. The summed E-state index contributed by atoms with van der Waals surface area (Å²) < 4.78 is 11.1. The Hall–Kier alpha value is -3.73. The molecular weight excluding hydrogens is 536 g/mol. The number of ketones is 1. The number of fused-ring (bicyclic) bond motifs is 1. The molecule has 3 aromatic rings. The third-order valence-corrected chi connectivity index (χ3v) is 7.23. The first-order chi connectivity index (χ1) is 20.1. The van der Waals surface area contributed by atoms with Gasteiger partial charge in [0.25, 0.3) is 5.91 Å². The van der Waals surface area contributed by atoms with Crippen LogP contribution in [0.2, 0.25) is 0 Å². The summed E-state index contributed by atoms with van der Waals surface area (Å²) in [5.41, 5.74) is 4.60. The van der Waals surface area contributed by atoms with Crippen LogP contribution in [0.25, 0.3) is 10.9 Å². The van der Waals surface area contributed by atoms with Gasteiger partial charge in [-0.25, -0.2) is 5.48 Å². The lowest BCUT2D eigenvalue weighted by Gasteiger charge is -2.30. The summed E-state index contributed by atoms with van der Waals surface area (Å²) in [6.07, 6.45) is 1.60. The lowest BCUT2D eigenvalue weighted by atomic mass is 9.87. The van der Waals surface area contributed by atoms with Crippen LogP contribution >= 0.6 is 0 Å². The van der Waals surface area contributed by atoms with Gasteiger partial charge in [0.2, 0.25) is 5.91 Å². The van der Waals surface area contributed by atoms with Crippen molar-refractivity contribution < 1.29 is 28.7 Å². The van der Waals surface area contributed by atoms with E-state index in [9.17, 15) is 14.4 Å². The standard InChI is InChI=1S/C32H42N4O6/c1-32(2,3)17-27(36-30(38)26-16-23-24(34-26)11-8-12-29(23)40-4)31(39)35-25(15-22-13-14-33-42-19-22)28(37)20-41-18-21-9-6-5-7-10-21/h5-12,16,22,25,27,33-34H,13-15,17-20H2,1-4H3,(H,35,39)(H,36,38)/t22-,25-,27-/m0/s1. The largest absolute Gasteiger partial charge is 0.496 e. The van der Waals surface area contributed by atoms with Crippen molar-refractivity contribution in [2.24, 2.45) is 11.3 Å². The maximum atomic E-state index is 13.7. The van der Waals surface area contributed by atoms with Crippen LogP contribution in [0.1, 0.15) is 56.1 Å². The van der Waals surface area contributed by atoms with Crippen molar-refractivity contribution in [2.45, 2.75) is 58.7 Å². The van der Waals surface area contributed by atoms with Crippen LogP contribution in [-0.4, -0.2) is 61.5 Å². The fourth-order valence-corrected chi connectivity index (χ4v) is 5.09. The van der Waals surface area contributed by atoms with Gasteiger partial charge in [-0.3, -0.25) is 14.4 Å². The lowest BCUT2D eigenvalue weighted by molar-refractivity contribution is -0.132. The summed E-state index contributed by atoms with van der Waals surface area (Å²) in [5.74, 6) is -0.320. The van der Waals surface area contributed by atoms with Crippen molar-refractivity contribution >= 4 is 28.5 Å². The van der Waals surface area contributed by atoms with E-state index < -0.39 is 23.9 Å². The van der Waals surface area contributed by atoms with E-state index in [4.69, 9.17) is 14.3 Å². The first-order valence-electron chi connectivity index (χ1n) is 14.4. The summed E-state index contributed by atoms with van der Waals surface area (Å²) in [4.78, 5) is 48.9. The molecule has 10 nitrogen and oxygen atoms in total. The van der Waals surface area contributed by atoms with Gasteiger partial charge in [-0.1, -0.05) is 57.2 Å². The van der Waals surface area contributed by atoms with Gasteiger partial charge in [0.1, 0.15) is 24.1 Å². The summed E-state index contributed by atoms with van der Waals surface area (Å²) in [6.45, 7) is 7.26. The number of aromatic nitrogens is 1. The minimum absolute atomic E-state index is 0.0895. The second kappa shape index (κ2) is 14.4. The van der Waals surface area contributed by atoms with Crippen LogP contribution in [0, 0.1) is 11.3 Å². The number of hydroxylamine groups is 1. The fraction of sp³-hybridized carbons (Fsp3) is 0.469. The summed E-state index contributed by atoms with van der Waals surface area (Å²) in [5, 5.41) is 6.62. The third-order valence-electron chi connectivity index (χ3n) is 7.23. The van der Waals surface area contributed by atoms with Crippen molar-refractivity contribution in [3.8, 4) is 5.75 Å². The van der Waals surface area contributed by atoms with Gasteiger partial charge in [-0.05, 0) is 54.4 Å². The number of methoxy groups -OCH3 is 1. The molecule has 1 fully saturated rings. The molecule has 0 spiro atoms. The third kappa shape index (κ3) is 8.88. The number of carbonyl (C=O) groups is 3. The molecule has 42 heavy (non-hydrogen) atoms. The Labute approximate surface area is 246 Å². The number of carbonyl (C=O) groups excluding carboxylic acids is 3. The van der Waals surface area contributed by atoms with E-state index in [0.717, 1.165) is 22.9 Å². The molecule has 2 aromatic carbocycles. The second-order valence-corrected chi connectivity index (χ2v) is 12.0. The van der Waals surface area contributed by atoms with E-state index in [1.54, 1.807) is 13.2 Å². The minimum Gasteiger partial charge on any atom is -0.496 e. The molecule has 0 radical (unpaired) electrons. The molecule has 10 heteroatoms. The van der Waals surface area contributed by atoms with Gasteiger partial charge in [0, 0.05) is 17.4 Å². The molecule has 226 valence electrons. The van der Waals surface area contributed by atoms with Gasteiger partial charge in [-0.2, -0.15) is 0 Å². The molecule has 1 aromatic heterocycles. The van der Waals surface area contributed by atoms with E-state index in [2.05, 4.69) is 21.1 Å². The highest BCUT2D eigenvalue weighted by atomic mass is 16.6. The van der Waals surface area contributed by atoms with Crippen LogP contribution in [0.5, 0.6) is 5.75 Å². The highest BCUT2D eigenvalue weighted by Crippen LogP contribution is 2.27. The average Bonchev–Trinajstić information content (AvgIpc) is 3.42. The Morgan fingerprint density at radius 1 is 1.05 bits per heavy atom. The van der Waals surface area contributed by atoms with Gasteiger partial charge in [-0.15, -0.1) is 0 Å². The zero-order valence-electron chi connectivity index (χ0n) is 24.8. The highest BCUT2D eigenvalue weighted by molar-refractivity contribution is 6.02. The fourth-order valence-electron chi connectivity index (χ4n) is 5.09. The number of H-pyrrole nitrogens is 1. The van der Waals surface area contributed by atoms with Crippen LogP contribution in [0.4, 0.5) is 0 Å². The van der Waals surface area contributed by atoms with Gasteiger partial charge < -0.3 is 29.9 Å². The molecule has 0 saturated carbocycles. The van der Waals surface area contributed by atoms with E-state index in [1.807, 2.05) is 69.3 Å². The Bertz CT molecular complexity index is 1340. The predicted octanol–water partition coefficient (Wildman–Crippen LogP) is 3.91. The predicted molar refractivity (Wildman–Crippen MR) is 160 cm³/mol. The zero-order valence-corrected chi connectivity index (χ0v) is 24.8. The number of amides is 2. The van der Waals surface area contributed by atoms with E-state index in [1.165, 1.54) is 0 Å². The van der Waals surface area contributed by atoms with Crippen molar-refractivity contribution in [2.75, 3.05) is 26.9 Å². The lowest BCUT2D eigenvalue weighted by Crippen LogP contribution is -2.54. The van der Waals surface area contributed by atoms with Crippen molar-refractivity contribution in [3.63, 3.8) is 0 Å². The smallest absolute Gasteiger partial charge is 0.268 e. The maximum absolute atomic E-state index is 13.7. The average molecular weight is 579 g/mol. The van der Waals surface area contributed by atoms with Crippen molar-refractivity contribution in [3.05, 3.63) is 65.9 Å². The number of aromatic amines is 1. The Morgan fingerprint density at radius 3 is 2.52 bits per heavy atom. The normalized spacial score (nSPS) is 16.9. The van der Waals surface area contributed by atoms with Crippen LogP contribution in [0.15, 0.2) is 54.6 Å². The second-order valence-electron chi connectivity index (χ2n) is 12.0. The molecule has 4 rings (SSSR count). The molecule has 0 aliphatic carbocycles. The molecular formula is C32H42N4O6. The molecule has 0 bridgehead atoms. The van der Waals surface area contributed by atoms with Gasteiger partial charge >= 0.3 is 0 Å².